The number of benzene rings is 1. The van der Waals surface area contributed by atoms with Crippen molar-refractivity contribution in [2.45, 2.75) is 19.4 Å². The first-order valence-electron chi connectivity index (χ1n) is 5.32. The zero-order valence-corrected chi connectivity index (χ0v) is 9.60. The summed E-state index contributed by atoms with van der Waals surface area (Å²) in [5.74, 6) is 0.837. The van der Waals surface area contributed by atoms with Crippen LogP contribution in [0.2, 0.25) is 0 Å². The standard InChI is InChI=1S/C13H16N2O/c1-13(2,14)9-16-12-7-8-15-11-6-4-3-5-10(11)12/h3-8H,9,14H2,1-2H3. The lowest BCUT2D eigenvalue weighted by Crippen LogP contribution is -2.38. The van der Waals surface area contributed by atoms with E-state index in [-0.39, 0.29) is 5.54 Å². The minimum Gasteiger partial charge on any atom is -0.491 e. The molecule has 0 radical (unpaired) electrons. The summed E-state index contributed by atoms with van der Waals surface area (Å²) < 4.78 is 5.72. The smallest absolute Gasteiger partial charge is 0.130 e. The number of hydrogen-bond donors (Lipinski definition) is 1. The van der Waals surface area contributed by atoms with Gasteiger partial charge in [-0.1, -0.05) is 12.1 Å². The topological polar surface area (TPSA) is 48.1 Å². The number of fused-ring (bicyclic) bond motifs is 1. The van der Waals surface area contributed by atoms with E-state index in [1.165, 1.54) is 0 Å². The van der Waals surface area contributed by atoms with E-state index in [4.69, 9.17) is 10.5 Å². The van der Waals surface area contributed by atoms with Crippen LogP contribution in [0.4, 0.5) is 0 Å². The van der Waals surface area contributed by atoms with E-state index in [2.05, 4.69) is 4.98 Å². The van der Waals surface area contributed by atoms with Gasteiger partial charge < -0.3 is 10.5 Å². The predicted octanol–water partition coefficient (Wildman–Crippen LogP) is 2.35. The molecule has 2 aromatic rings. The van der Waals surface area contributed by atoms with Crippen LogP contribution in [0.3, 0.4) is 0 Å². The Morgan fingerprint density at radius 1 is 1.25 bits per heavy atom. The lowest BCUT2D eigenvalue weighted by molar-refractivity contribution is 0.246. The van der Waals surface area contributed by atoms with Gasteiger partial charge in [-0.25, -0.2) is 0 Å². The zero-order chi connectivity index (χ0) is 11.6. The molecule has 0 aliphatic carbocycles. The lowest BCUT2D eigenvalue weighted by atomic mass is 10.1. The normalized spacial score (nSPS) is 11.7. The Balaban J connectivity index is 2.30. The Hall–Kier alpha value is -1.61. The maximum absolute atomic E-state index is 5.89. The van der Waals surface area contributed by atoms with Crippen molar-refractivity contribution in [3.63, 3.8) is 0 Å². The van der Waals surface area contributed by atoms with Crippen LogP contribution in [0.5, 0.6) is 5.75 Å². The highest BCUT2D eigenvalue weighted by Gasteiger charge is 2.12. The largest absolute Gasteiger partial charge is 0.491 e. The Kier molecular flexibility index (Phi) is 2.79. The van der Waals surface area contributed by atoms with Crippen LogP contribution >= 0.6 is 0 Å². The Morgan fingerprint density at radius 3 is 2.75 bits per heavy atom. The highest BCUT2D eigenvalue weighted by Crippen LogP contribution is 2.23. The van der Waals surface area contributed by atoms with Crippen molar-refractivity contribution in [1.29, 1.82) is 0 Å². The van der Waals surface area contributed by atoms with Crippen LogP contribution in [-0.4, -0.2) is 17.1 Å². The molecular formula is C13H16N2O. The summed E-state index contributed by atoms with van der Waals surface area (Å²) in [6, 6.07) is 9.78. The number of nitrogens with zero attached hydrogens (tertiary/aromatic N) is 1. The summed E-state index contributed by atoms with van der Waals surface area (Å²) in [6.07, 6.45) is 1.75. The van der Waals surface area contributed by atoms with Crippen LogP contribution in [0.1, 0.15) is 13.8 Å². The molecule has 2 N–H and O–H groups in total. The Bertz CT molecular complexity index is 483. The van der Waals surface area contributed by atoms with Gasteiger partial charge in [0.25, 0.3) is 0 Å². The van der Waals surface area contributed by atoms with Gasteiger partial charge in [0.1, 0.15) is 12.4 Å². The fraction of sp³-hybridized carbons (Fsp3) is 0.308. The summed E-state index contributed by atoms with van der Waals surface area (Å²) >= 11 is 0. The molecule has 0 spiro atoms. The molecule has 0 bridgehead atoms. The SMILES string of the molecule is CC(C)(N)COc1ccnc2ccccc12. The van der Waals surface area contributed by atoms with Gasteiger partial charge in [0, 0.05) is 17.1 Å². The monoisotopic (exact) mass is 216 g/mol. The van der Waals surface area contributed by atoms with E-state index in [1.807, 2.05) is 44.2 Å². The first kappa shape index (κ1) is 10.9. The average molecular weight is 216 g/mol. The molecule has 0 saturated carbocycles. The summed E-state index contributed by atoms with van der Waals surface area (Å²) in [5, 5.41) is 1.02. The predicted molar refractivity (Wildman–Crippen MR) is 65.5 cm³/mol. The molecular weight excluding hydrogens is 200 g/mol. The zero-order valence-electron chi connectivity index (χ0n) is 9.60. The third-order valence-corrected chi connectivity index (χ3v) is 2.21. The molecule has 0 fully saturated rings. The van der Waals surface area contributed by atoms with E-state index in [9.17, 15) is 0 Å². The van der Waals surface area contributed by atoms with Crippen molar-refractivity contribution in [3.05, 3.63) is 36.5 Å². The molecule has 3 nitrogen and oxygen atoms in total. The third-order valence-electron chi connectivity index (χ3n) is 2.21. The number of ether oxygens (including phenoxy) is 1. The van der Waals surface area contributed by atoms with E-state index < -0.39 is 0 Å². The van der Waals surface area contributed by atoms with Gasteiger partial charge in [-0.15, -0.1) is 0 Å². The van der Waals surface area contributed by atoms with Crippen LogP contribution < -0.4 is 10.5 Å². The minimum atomic E-state index is -0.329. The molecule has 0 atom stereocenters. The molecule has 0 amide bonds. The lowest BCUT2D eigenvalue weighted by Gasteiger charge is -2.19. The van der Waals surface area contributed by atoms with Crippen molar-refractivity contribution in [3.8, 4) is 5.75 Å². The van der Waals surface area contributed by atoms with Crippen LogP contribution in [0, 0.1) is 0 Å². The van der Waals surface area contributed by atoms with Gasteiger partial charge in [0.05, 0.1) is 5.52 Å². The second-order valence-electron chi connectivity index (χ2n) is 4.60. The molecule has 0 aliphatic heterocycles. The van der Waals surface area contributed by atoms with Crippen LogP contribution in [0.25, 0.3) is 10.9 Å². The number of hydrogen-bond acceptors (Lipinski definition) is 3. The van der Waals surface area contributed by atoms with Gasteiger partial charge in [-0.2, -0.15) is 0 Å². The third kappa shape index (κ3) is 2.49. The van der Waals surface area contributed by atoms with Crippen molar-refractivity contribution in [2.24, 2.45) is 5.73 Å². The fourth-order valence-corrected chi connectivity index (χ4v) is 1.46. The van der Waals surface area contributed by atoms with Gasteiger partial charge >= 0.3 is 0 Å². The second-order valence-corrected chi connectivity index (χ2v) is 4.60. The summed E-state index contributed by atoms with van der Waals surface area (Å²) in [5.41, 5.74) is 6.50. The molecule has 1 heterocycles. The molecule has 16 heavy (non-hydrogen) atoms. The number of aromatic nitrogens is 1. The summed E-state index contributed by atoms with van der Waals surface area (Å²) in [6.45, 7) is 4.37. The molecule has 1 aromatic carbocycles. The molecule has 1 aromatic heterocycles. The number of pyridine rings is 1. The maximum atomic E-state index is 5.89. The Labute approximate surface area is 95.2 Å². The van der Waals surface area contributed by atoms with Crippen LogP contribution in [-0.2, 0) is 0 Å². The Morgan fingerprint density at radius 2 is 2.00 bits per heavy atom. The molecule has 84 valence electrons. The number of rotatable bonds is 3. The first-order valence-corrected chi connectivity index (χ1v) is 5.32. The first-order chi connectivity index (χ1) is 7.56. The van der Waals surface area contributed by atoms with E-state index in [0.29, 0.717) is 6.61 Å². The van der Waals surface area contributed by atoms with Gasteiger partial charge in [-0.05, 0) is 32.0 Å². The number of nitrogens with two attached hydrogens (primary N) is 1. The highest BCUT2D eigenvalue weighted by atomic mass is 16.5. The van der Waals surface area contributed by atoms with E-state index in [0.717, 1.165) is 16.7 Å². The van der Waals surface area contributed by atoms with Crippen molar-refractivity contribution >= 4 is 10.9 Å². The van der Waals surface area contributed by atoms with E-state index >= 15 is 0 Å². The van der Waals surface area contributed by atoms with Crippen molar-refractivity contribution < 1.29 is 4.74 Å². The average Bonchev–Trinajstić information content (AvgIpc) is 2.25. The quantitative estimate of drug-likeness (QED) is 0.856. The fourth-order valence-electron chi connectivity index (χ4n) is 1.46. The molecule has 0 unspecified atom stereocenters. The molecule has 0 aliphatic rings. The number of para-hydroxylation sites is 1. The minimum absolute atomic E-state index is 0.329. The summed E-state index contributed by atoms with van der Waals surface area (Å²) in [7, 11) is 0. The van der Waals surface area contributed by atoms with Crippen LogP contribution in [0.15, 0.2) is 36.5 Å². The van der Waals surface area contributed by atoms with Gasteiger partial charge in [0.2, 0.25) is 0 Å². The maximum Gasteiger partial charge on any atom is 0.130 e. The highest BCUT2D eigenvalue weighted by molar-refractivity contribution is 5.84. The van der Waals surface area contributed by atoms with Crippen molar-refractivity contribution in [1.82, 2.24) is 4.98 Å². The second kappa shape index (κ2) is 4.10. The van der Waals surface area contributed by atoms with Gasteiger partial charge in [0.15, 0.2) is 0 Å². The van der Waals surface area contributed by atoms with Gasteiger partial charge in [-0.3, -0.25) is 4.98 Å². The molecule has 2 rings (SSSR count). The summed E-state index contributed by atoms with van der Waals surface area (Å²) in [4.78, 5) is 4.28. The van der Waals surface area contributed by atoms with E-state index in [1.54, 1.807) is 6.20 Å². The molecule has 0 saturated heterocycles. The molecule has 3 heteroatoms. The van der Waals surface area contributed by atoms with Crippen molar-refractivity contribution in [2.75, 3.05) is 6.61 Å².